The zero-order valence-corrected chi connectivity index (χ0v) is 9.45. The first-order chi connectivity index (χ1) is 7.54. The van der Waals surface area contributed by atoms with Gasteiger partial charge in [0.2, 0.25) is 0 Å². The van der Waals surface area contributed by atoms with Gasteiger partial charge >= 0.3 is 0 Å². The number of hydrogen-bond donors (Lipinski definition) is 3. The number of carbonyl (C=O) groups is 1. The lowest BCUT2D eigenvalue weighted by Gasteiger charge is -2.22. The zero-order chi connectivity index (χ0) is 11.8. The molecule has 1 aromatic carbocycles. The Kier molecular flexibility index (Phi) is 2.69. The molecule has 1 amide bonds. The Labute approximate surface area is 94.7 Å². The topological polar surface area (TPSA) is 61.4 Å². The van der Waals surface area contributed by atoms with Crippen molar-refractivity contribution in [3.8, 4) is 0 Å². The molecule has 0 bridgehead atoms. The minimum atomic E-state index is -1.44. The van der Waals surface area contributed by atoms with Crippen LogP contribution in [0.4, 0.5) is 5.69 Å². The third-order valence-corrected chi connectivity index (χ3v) is 2.76. The number of hydrogen-bond acceptors (Lipinski definition) is 3. The number of rotatable bonds is 3. The zero-order valence-electron chi connectivity index (χ0n) is 9.45. The van der Waals surface area contributed by atoms with Gasteiger partial charge in [0.05, 0.1) is 0 Å². The van der Waals surface area contributed by atoms with Crippen LogP contribution in [-0.4, -0.2) is 23.6 Å². The molecule has 3 N–H and O–H groups in total. The maximum absolute atomic E-state index is 11.8. The average molecular weight is 220 g/mol. The van der Waals surface area contributed by atoms with Crippen LogP contribution in [0.3, 0.4) is 0 Å². The lowest BCUT2D eigenvalue weighted by Crippen LogP contribution is -2.45. The van der Waals surface area contributed by atoms with Gasteiger partial charge in [0.15, 0.2) is 5.60 Å². The molecule has 1 atom stereocenters. The average Bonchev–Trinajstić information content (AvgIpc) is 2.50. The first-order valence-corrected chi connectivity index (χ1v) is 5.41. The summed E-state index contributed by atoms with van der Waals surface area (Å²) >= 11 is 0. The molecule has 16 heavy (non-hydrogen) atoms. The molecule has 86 valence electrons. The van der Waals surface area contributed by atoms with Gasteiger partial charge in [-0.25, -0.2) is 0 Å². The Morgan fingerprint density at radius 1 is 1.44 bits per heavy atom. The molecule has 1 aliphatic heterocycles. The molecule has 0 aliphatic carbocycles. The highest BCUT2D eigenvalue weighted by atomic mass is 16.3. The van der Waals surface area contributed by atoms with Crippen LogP contribution in [0.2, 0.25) is 0 Å². The molecule has 1 aliphatic rings. The van der Waals surface area contributed by atoms with E-state index >= 15 is 0 Å². The van der Waals surface area contributed by atoms with Crippen molar-refractivity contribution in [3.05, 3.63) is 29.8 Å². The number of benzene rings is 1. The highest BCUT2D eigenvalue weighted by Gasteiger charge is 2.44. The van der Waals surface area contributed by atoms with Crippen molar-refractivity contribution in [1.29, 1.82) is 0 Å². The van der Waals surface area contributed by atoms with Crippen molar-refractivity contribution in [2.24, 2.45) is 0 Å². The molecule has 4 nitrogen and oxygen atoms in total. The molecule has 0 radical (unpaired) electrons. The van der Waals surface area contributed by atoms with Crippen LogP contribution in [0.25, 0.3) is 0 Å². The first-order valence-electron chi connectivity index (χ1n) is 5.41. The Hall–Kier alpha value is -1.39. The van der Waals surface area contributed by atoms with Crippen molar-refractivity contribution in [3.63, 3.8) is 0 Å². The van der Waals surface area contributed by atoms with E-state index in [1.54, 1.807) is 12.1 Å². The van der Waals surface area contributed by atoms with Crippen LogP contribution in [0.5, 0.6) is 0 Å². The van der Waals surface area contributed by atoms with Gasteiger partial charge in [-0.2, -0.15) is 0 Å². The second-order valence-corrected chi connectivity index (χ2v) is 4.40. The predicted molar refractivity (Wildman–Crippen MR) is 62.1 cm³/mol. The summed E-state index contributed by atoms with van der Waals surface area (Å²) in [6, 6.07) is 7.44. The molecular weight excluding hydrogens is 204 g/mol. The Balaban J connectivity index is 2.30. The maximum Gasteiger partial charge on any atom is 0.262 e. The Morgan fingerprint density at radius 2 is 2.12 bits per heavy atom. The van der Waals surface area contributed by atoms with Crippen molar-refractivity contribution < 1.29 is 9.90 Å². The number of carbonyl (C=O) groups excluding carboxylic acids is 1. The molecule has 0 unspecified atom stereocenters. The van der Waals surface area contributed by atoms with Crippen molar-refractivity contribution in [2.75, 3.05) is 11.9 Å². The Morgan fingerprint density at radius 3 is 2.81 bits per heavy atom. The van der Waals surface area contributed by atoms with E-state index in [1.165, 1.54) is 0 Å². The molecular formula is C12H16N2O2. The van der Waals surface area contributed by atoms with Gasteiger partial charge in [0, 0.05) is 23.8 Å². The van der Waals surface area contributed by atoms with Gasteiger partial charge in [-0.15, -0.1) is 0 Å². The van der Waals surface area contributed by atoms with Gasteiger partial charge in [0.1, 0.15) is 0 Å². The molecule has 1 aromatic rings. The molecule has 4 heteroatoms. The van der Waals surface area contributed by atoms with E-state index in [0.717, 1.165) is 0 Å². The fourth-order valence-corrected chi connectivity index (χ4v) is 1.83. The summed E-state index contributed by atoms with van der Waals surface area (Å²) in [5, 5.41) is 16.2. The van der Waals surface area contributed by atoms with Gasteiger partial charge < -0.3 is 15.7 Å². The molecule has 0 aromatic heterocycles. The second kappa shape index (κ2) is 3.88. The van der Waals surface area contributed by atoms with Gasteiger partial charge in [-0.05, 0) is 6.07 Å². The van der Waals surface area contributed by atoms with E-state index < -0.39 is 5.60 Å². The smallest absolute Gasteiger partial charge is 0.262 e. The summed E-state index contributed by atoms with van der Waals surface area (Å²) in [4.78, 5) is 11.8. The quantitative estimate of drug-likeness (QED) is 0.707. The first kappa shape index (κ1) is 11.1. The van der Waals surface area contributed by atoms with E-state index in [1.807, 2.05) is 26.0 Å². The molecule has 0 saturated heterocycles. The van der Waals surface area contributed by atoms with Crippen LogP contribution in [0, 0.1) is 0 Å². The van der Waals surface area contributed by atoms with E-state index in [0.29, 0.717) is 11.3 Å². The number of amides is 1. The number of aliphatic hydroxyl groups is 1. The number of anilines is 1. The largest absolute Gasteiger partial charge is 0.374 e. The normalized spacial score (nSPS) is 23.4. The monoisotopic (exact) mass is 220 g/mol. The van der Waals surface area contributed by atoms with Gasteiger partial charge in [-0.3, -0.25) is 4.79 Å². The predicted octanol–water partition coefficient (Wildman–Crippen LogP) is 0.824. The Bertz CT molecular complexity index is 417. The SMILES string of the molecule is CC(C)NC[C@@]1(O)C(=O)Nc2ccccc21. The maximum atomic E-state index is 11.8. The summed E-state index contributed by atoms with van der Waals surface area (Å²) in [7, 11) is 0. The van der Waals surface area contributed by atoms with E-state index in [-0.39, 0.29) is 18.5 Å². The lowest BCUT2D eigenvalue weighted by molar-refractivity contribution is -0.133. The molecule has 0 saturated carbocycles. The summed E-state index contributed by atoms with van der Waals surface area (Å²) in [6.45, 7) is 4.18. The number of fused-ring (bicyclic) bond motifs is 1. The van der Waals surface area contributed by atoms with E-state index in [2.05, 4.69) is 10.6 Å². The minimum absolute atomic E-state index is 0.226. The van der Waals surface area contributed by atoms with E-state index in [4.69, 9.17) is 0 Å². The van der Waals surface area contributed by atoms with Crippen LogP contribution in [-0.2, 0) is 10.4 Å². The molecule has 2 rings (SSSR count). The fourth-order valence-electron chi connectivity index (χ4n) is 1.83. The van der Waals surface area contributed by atoms with Crippen LogP contribution < -0.4 is 10.6 Å². The highest BCUT2D eigenvalue weighted by Crippen LogP contribution is 2.35. The number of para-hydroxylation sites is 1. The summed E-state index contributed by atoms with van der Waals surface area (Å²) in [5.41, 5.74) is -0.102. The second-order valence-electron chi connectivity index (χ2n) is 4.40. The lowest BCUT2D eigenvalue weighted by atomic mass is 9.95. The number of nitrogens with one attached hydrogen (secondary N) is 2. The van der Waals surface area contributed by atoms with Crippen molar-refractivity contribution >= 4 is 11.6 Å². The third-order valence-electron chi connectivity index (χ3n) is 2.76. The van der Waals surface area contributed by atoms with Crippen molar-refractivity contribution in [2.45, 2.75) is 25.5 Å². The van der Waals surface area contributed by atoms with Crippen LogP contribution in [0.1, 0.15) is 19.4 Å². The van der Waals surface area contributed by atoms with Gasteiger partial charge in [-0.1, -0.05) is 32.0 Å². The van der Waals surface area contributed by atoms with Crippen LogP contribution in [0.15, 0.2) is 24.3 Å². The minimum Gasteiger partial charge on any atom is -0.374 e. The van der Waals surface area contributed by atoms with E-state index in [9.17, 15) is 9.90 Å². The summed E-state index contributed by atoms with van der Waals surface area (Å²) in [5.74, 6) is -0.359. The molecule has 0 fully saturated rings. The summed E-state index contributed by atoms with van der Waals surface area (Å²) in [6.07, 6.45) is 0. The third kappa shape index (κ3) is 1.70. The standard InChI is InChI=1S/C12H16N2O2/c1-8(2)13-7-12(16)9-5-3-4-6-10(9)14-11(12)15/h3-6,8,13,16H,7H2,1-2H3,(H,14,15)/t12-/m0/s1. The molecule has 1 heterocycles. The van der Waals surface area contributed by atoms with Crippen LogP contribution >= 0.6 is 0 Å². The van der Waals surface area contributed by atoms with Crippen molar-refractivity contribution in [1.82, 2.24) is 5.32 Å². The fraction of sp³-hybridized carbons (Fsp3) is 0.417. The molecule has 0 spiro atoms. The van der Waals surface area contributed by atoms with Gasteiger partial charge in [0.25, 0.3) is 5.91 Å². The highest BCUT2D eigenvalue weighted by molar-refractivity contribution is 6.05. The summed E-state index contributed by atoms with van der Waals surface area (Å²) < 4.78 is 0.